The van der Waals surface area contributed by atoms with Gasteiger partial charge >= 0.3 is 12.0 Å². The standard InChI is InChI=1S/C21H25N3O4/c1-12-8-9-18-16(10-12)17(11-13(2)22-18)20(26)28-14(3)19(25)24-21(27)23-15-6-4-5-7-15/h8-11,14-15H,4-7H2,1-3H3,(H2,23,24,25,27)/t14-/m0/s1. The molecule has 1 heterocycles. The van der Waals surface area contributed by atoms with Crippen LogP contribution in [0.4, 0.5) is 4.79 Å². The Balaban J connectivity index is 1.66. The second kappa shape index (κ2) is 8.37. The lowest BCUT2D eigenvalue weighted by Gasteiger charge is -2.16. The Morgan fingerprint density at radius 2 is 1.86 bits per heavy atom. The first kappa shape index (κ1) is 19.8. The number of esters is 1. The third-order valence-corrected chi connectivity index (χ3v) is 4.89. The summed E-state index contributed by atoms with van der Waals surface area (Å²) in [6.07, 6.45) is 2.88. The molecule has 148 valence electrons. The number of aromatic nitrogens is 1. The van der Waals surface area contributed by atoms with Crippen molar-refractivity contribution in [1.82, 2.24) is 15.6 Å². The van der Waals surface area contributed by atoms with Crippen molar-refractivity contribution in [3.8, 4) is 0 Å². The second-order valence-corrected chi connectivity index (χ2v) is 7.32. The largest absolute Gasteiger partial charge is 0.449 e. The predicted molar refractivity (Wildman–Crippen MR) is 105 cm³/mol. The van der Waals surface area contributed by atoms with E-state index in [0.29, 0.717) is 22.2 Å². The molecular weight excluding hydrogens is 358 g/mol. The summed E-state index contributed by atoms with van der Waals surface area (Å²) in [6.45, 7) is 5.16. The Bertz CT molecular complexity index is 919. The number of nitrogens with one attached hydrogen (secondary N) is 2. The molecule has 2 aromatic rings. The molecule has 0 unspecified atom stereocenters. The predicted octanol–water partition coefficient (Wildman–Crippen LogP) is 3.17. The van der Waals surface area contributed by atoms with Crippen LogP contribution < -0.4 is 10.6 Å². The number of amides is 3. The highest BCUT2D eigenvalue weighted by Crippen LogP contribution is 2.21. The normalized spacial score (nSPS) is 15.2. The SMILES string of the molecule is Cc1ccc2nc(C)cc(C(=O)O[C@@H](C)C(=O)NC(=O)NC3CCCC3)c2c1. The van der Waals surface area contributed by atoms with Crippen LogP contribution in [-0.2, 0) is 9.53 Å². The number of carbonyl (C=O) groups excluding carboxylic acids is 3. The molecule has 7 nitrogen and oxygen atoms in total. The quantitative estimate of drug-likeness (QED) is 0.791. The van der Waals surface area contributed by atoms with Gasteiger partial charge in [0.05, 0.1) is 11.1 Å². The molecule has 0 aliphatic heterocycles. The van der Waals surface area contributed by atoms with Crippen LogP contribution in [0.1, 0.15) is 54.2 Å². The molecule has 1 fully saturated rings. The fourth-order valence-corrected chi connectivity index (χ4v) is 3.42. The fourth-order valence-electron chi connectivity index (χ4n) is 3.42. The number of rotatable bonds is 4. The average Bonchev–Trinajstić information content (AvgIpc) is 3.14. The molecular formula is C21H25N3O4. The van der Waals surface area contributed by atoms with Crippen LogP contribution in [0.3, 0.4) is 0 Å². The Hall–Kier alpha value is -2.96. The van der Waals surface area contributed by atoms with E-state index in [0.717, 1.165) is 31.2 Å². The maximum Gasteiger partial charge on any atom is 0.339 e. The summed E-state index contributed by atoms with van der Waals surface area (Å²) >= 11 is 0. The van der Waals surface area contributed by atoms with Crippen LogP contribution in [0.25, 0.3) is 10.9 Å². The topological polar surface area (TPSA) is 97.4 Å². The van der Waals surface area contributed by atoms with Crippen molar-refractivity contribution >= 4 is 28.8 Å². The van der Waals surface area contributed by atoms with Gasteiger partial charge in [-0.2, -0.15) is 0 Å². The summed E-state index contributed by atoms with van der Waals surface area (Å²) < 4.78 is 5.31. The molecule has 1 aliphatic carbocycles. The smallest absolute Gasteiger partial charge is 0.339 e. The van der Waals surface area contributed by atoms with Gasteiger partial charge in [0, 0.05) is 17.1 Å². The summed E-state index contributed by atoms with van der Waals surface area (Å²) in [5, 5.41) is 5.68. The van der Waals surface area contributed by atoms with Crippen LogP contribution in [0.15, 0.2) is 24.3 Å². The van der Waals surface area contributed by atoms with Crippen molar-refractivity contribution < 1.29 is 19.1 Å². The van der Waals surface area contributed by atoms with Crippen molar-refractivity contribution in [2.45, 2.75) is 58.6 Å². The van der Waals surface area contributed by atoms with E-state index in [4.69, 9.17) is 4.74 Å². The van der Waals surface area contributed by atoms with E-state index in [1.807, 2.05) is 25.1 Å². The van der Waals surface area contributed by atoms with Crippen LogP contribution in [0.5, 0.6) is 0 Å². The summed E-state index contributed by atoms with van der Waals surface area (Å²) in [6, 6.07) is 6.81. The number of imide groups is 1. The summed E-state index contributed by atoms with van der Waals surface area (Å²) in [5.41, 5.74) is 2.70. The van der Waals surface area contributed by atoms with Crippen LogP contribution in [0, 0.1) is 13.8 Å². The highest BCUT2D eigenvalue weighted by atomic mass is 16.5. The van der Waals surface area contributed by atoms with E-state index < -0.39 is 24.0 Å². The first-order chi connectivity index (χ1) is 13.3. The molecule has 0 bridgehead atoms. The Kier molecular flexibility index (Phi) is 5.92. The lowest BCUT2D eigenvalue weighted by molar-refractivity contribution is -0.127. The van der Waals surface area contributed by atoms with Crippen LogP contribution in [0.2, 0.25) is 0 Å². The van der Waals surface area contributed by atoms with Crippen molar-refractivity contribution in [2.24, 2.45) is 0 Å². The van der Waals surface area contributed by atoms with Gasteiger partial charge in [0.2, 0.25) is 0 Å². The van der Waals surface area contributed by atoms with E-state index in [2.05, 4.69) is 15.6 Å². The maximum absolute atomic E-state index is 12.7. The number of fused-ring (bicyclic) bond motifs is 1. The molecule has 2 N–H and O–H groups in total. The summed E-state index contributed by atoms with van der Waals surface area (Å²) in [5.74, 6) is -1.28. The minimum atomic E-state index is -1.10. The zero-order valence-corrected chi connectivity index (χ0v) is 16.4. The van der Waals surface area contributed by atoms with Crippen molar-refractivity contribution in [1.29, 1.82) is 0 Å². The molecule has 0 saturated heterocycles. The minimum absolute atomic E-state index is 0.0973. The molecule has 28 heavy (non-hydrogen) atoms. The summed E-state index contributed by atoms with van der Waals surface area (Å²) in [4.78, 5) is 41.2. The minimum Gasteiger partial charge on any atom is -0.449 e. The molecule has 3 amide bonds. The van der Waals surface area contributed by atoms with Crippen LogP contribution in [-0.4, -0.2) is 35.0 Å². The third-order valence-electron chi connectivity index (χ3n) is 4.89. The first-order valence-electron chi connectivity index (χ1n) is 9.54. The van der Waals surface area contributed by atoms with E-state index in [-0.39, 0.29) is 6.04 Å². The monoisotopic (exact) mass is 383 g/mol. The zero-order valence-electron chi connectivity index (χ0n) is 16.4. The maximum atomic E-state index is 12.7. The van der Waals surface area contributed by atoms with Gasteiger partial charge in [0.25, 0.3) is 5.91 Å². The Morgan fingerprint density at radius 1 is 1.14 bits per heavy atom. The molecule has 1 saturated carbocycles. The summed E-state index contributed by atoms with van der Waals surface area (Å²) in [7, 11) is 0. The molecule has 3 rings (SSSR count). The van der Waals surface area contributed by atoms with Crippen LogP contribution >= 0.6 is 0 Å². The van der Waals surface area contributed by atoms with Gasteiger partial charge in [0.15, 0.2) is 6.10 Å². The average molecular weight is 383 g/mol. The van der Waals surface area contributed by atoms with Crippen molar-refractivity contribution in [2.75, 3.05) is 0 Å². The highest BCUT2D eigenvalue weighted by Gasteiger charge is 2.24. The van der Waals surface area contributed by atoms with Gasteiger partial charge in [-0.05, 0) is 51.8 Å². The van der Waals surface area contributed by atoms with E-state index >= 15 is 0 Å². The number of urea groups is 1. The molecule has 1 aromatic heterocycles. The third kappa shape index (κ3) is 4.65. The second-order valence-electron chi connectivity index (χ2n) is 7.32. The van der Waals surface area contributed by atoms with Gasteiger partial charge in [0.1, 0.15) is 0 Å². The van der Waals surface area contributed by atoms with E-state index in [1.54, 1.807) is 13.0 Å². The lowest BCUT2D eigenvalue weighted by Crippen LogP contribution is -2.47. The van der Waals surface area contributed by atoms with E-state index in [9.17, 15) is 14.4 Å². The van der Waals surface area contributed by atoms with Gasteiger partial charge in [-0.25, -0.2) is 9.59 Å². The molecule has 0 radical (unpaired) electrons. The van der Waals surface area contributed by atoms with E-state index in [1.165, 1.54) is 6.92 Å². The van der Waals surface area contributed by atoms with Gasteiger partial charge in [-0.15, -0.1) is 0 Å². The van der Waals surface area contributed by atoms with Gasteiger partial charge in [-0.3, -0.25) is 15.1 Å². The number of pyridine rings is 1. The van der Waals surface area contributed by atoms with Crippen molar-refractivity contribution in [3.05, 3.63) is 41.1 Å². The Morgan fingerprint density at radius 3 is 2.57 bits per heavy atom. The number of nitrogens with zero attached hydrogens (tertiary/aromatic N) is 1. The van der Waals surface area contributed by atoms with Gasteiger partial charge in [-0.1, -0.05) is 24.5 Å². The fraction of sp³-hybridized carbons (Fsp3) is 0.429. The number of hydrogen-bond donors (Lipinski definition) is 2. The molecule has 7 heteroatoms. The number of ether oxygens (including phenoxy) is 1. The first-order valence-corrected chi connectivity index (χ1v) is 9.54. The zero-order chi connectivity index (χ0) is 20.3. The molecule has 1 aromatic carbocycles. The number of benzene rings is 1. The van der Waals surface area contributed by atoms with Gasteiger partial charge < -0.3 is 10.1 Å². The highest BCUT2D eigenvalue weighted by molar-refractivity contribution is 6.05. The lowest BCUT2D eigenvalue weighted by atomic mass is 10.1. The number of carbonyl (C=O) groups is 3. The molecule has 1 atom stereocenters. The molecule has 0 spiro atoms. The number of aryl methyl sites for hydroxylation is 2. The Labute approximate surface area is 163 Å². The number of hydrogen-bond acceptors (Lipinski definition) is 5. The van der Waals surface area contributed by atoms with Crippen molar-refractivity contribution in [3.63, 3.8) is 0 Å². The molecule has 1 aliphatic rings.